The number of nitrogens with one attached hydrogen (secondary N) is 1. The maximum Gasteiger partial charge on any atom is 0.123 e. The molecule has 14 heavy (non-hydrogen) atoms. The monoisotopic (exact) mass is 213 g/mol. The lowest BCUT2D eigenvalue weighted by molar-refractivity contribution is 0.489. The number of halogens is 1. The van der Waals surface area contributed by atoms with Crippen LogP contribution in [-0.4, -0.2) is 12.4 Å². The molecule has 0 aliphatic carbocycles. The van der Waals surface area contributed by atoms with E-state index < -0.39 is 0 Å². The van der Waals surface area contributed by atoms with Gasteiger partial charge >= 0.3 is 0 Å². The Labute approximate surface area is 90.1 Å². The molecule has 0 aromatic heterocycles. The van der Waals surface area contributed by atoms with E-state index in [1.807, 2.05) is 12.1 Å². The molecule has 78 valence electrons. The molecule has 0 fully saturated rings. The van der Waals surface area contributed by atoms with Crippen molar-refractivity contribution in [2.24, 2.45) is 0 Å². The number of rotatable bonds is 4. The fourth-order valence-corrected chi connectivity index (χ4v) is 1.48. The first-order chi connectivity index (χ1) is 6.56. The van der Waals surface area contributed by atoms with Crippen LogP contribution < -0.4 is 5.32 Å². The van der Waals surface area contributed by atoms with Crippen LogP contribution in [0.5, 0.6) is 0 Å². The molecule has 0 atom stereocenters. The number of hydrogen-bond donors (Lipinski definition) is 2. The van der Waals surface area contributed by atoms with Crippen LogP contribution in [0.15, 0.2) is 24.3 Å². The van der Waals surface area contributed by atoms with Gasteiger partial charge in [0, 0.05) is 17.8 Å². The Morgan fingerprint density at radius 3 is 2.36 bits per heavy atom. The molecule has 1 aromatic rings. The van der Waals surface area contributed by atoms with Gasteiger partial charge in [0.15, 0.2) is 0 Å². The number of thiol groups is 1. The minimum absolute atomic E-state index is 0.0103. The van der Waals surface area contributed by atoms with Crippen LogP contribution in [0, 0.1) is 5.82 Å². The van der Waals surface area contributed by atoms with E-state index >= 15 is 0 Å². The molecule has 0 saturated carbocycles. The molecular weight excluding hydrogens is 197 g/mol. The Morgan fingerprint density at radius 2 is 1.86 bits per heavy atom. The summed E-state index contributed by atoms with van der Waals surface area (Å²) in [5.41, 5.74) is 1.14. The molecule has 0 heterocycles. The Kier molecular flexibility index (Phi) is 3.96. The van der Waals surface area contributed by atoms with Gasteiger partial charge in [0.2, 0.25) is 0 Å². The van der Waals surface area contributed by atoms with E-state index in [2.05, 4.69) is 31.8 Å². The van der Waals surface area contributed by atoms with Gasteiger partial charge in [0.25, 0.3) is 0 Å². The first-order valence-electron chi connectivity index (χ1n) is 4.64. The minimum Gasteiger partial charge on any atom is -0.307 e. The van der Waals surface area contributed by atoms with E-state index in [0.29, 0.717) is 5.88 Å². The molecule has 1 rings (SSSR count). The fraction of sp³-hybridized carbons (Fsp3) is 0.455. The van der Waals surface area contributed by atoms with Gasteiger partial charge < -0.3 is 5.32 Å². The highest BCUT2D eigenvalue weighted by Crippen LogP contribution is 2.22. The second-order valence-corrected chi connectivity index (χ2v) is 4.29. The van der Waals surface area contributed by atoms with E-state index in [1.165, 1.54) is 12.1 Å². The van der Waals surface area contributed by atoms with Crippen LogP contribution in [0.4, 0.5) is 4.39 Å². The number of hydrogen-bond acceptors (Lipinski definition) is 2. The van der Waals surface area contributed by atoms with Crippen molar-refractivity contribution in [1.82, 2.24) is 5.32 Å². The molecule has 0 aliphatic heterocycles. The zero-order valence-corrected chi connectivity index (χ0v) is 9.44. The largest absolute Gasteiger partial charge is 0.307 e. The topological polar surface area (TPSA) is 12.0 Å². The van der Waals surface area contributed by atoms with Crippen molar-refractivity contribution in [3.05, 3.63) is 35.6 Å². The molecule has 0 saturated heterocycles. The maximum atomic E-state index is 12.7. The van der Waals surface area contributed by atoms with Crippen LogP contribution in [0.3, 0.4) is 0 Å². The highest BCUT2D eigenvalue weighted by molar-refractivity contribution is 7.80. The Balaban J connectivity index is 2.75. The standard InChI is InChI=1S/C11H16FNS/c1-11(2,7-13-8-14)9-3-5-10(12)6-4-9/h3-6,13-14H,7-8H2,1-2H3. The maximum absolute atomic E-state index is 12.7. The van der Waals surface area contributed by atoms with E-state index in [-0.39, 0.29) is 11.2 Å². The van der Waals surface area contributed by atoms with Crippen LogP contribution >= 0.6 is 12.6 Å². The summed E-state index contributed by atoms with van der Waals surface area (Å²) in [6, 6.07) is 6.65. The summed E-state index contributed by atoms with van der Waals surface area (Å²) in [6.45, 7) is 5.08. The smallest absolute Gasteiger partial charge is 0.123 e. The fourth-order valence-electron chi connectivity index (χ4n) is 1.37. The van der Waals surface area contributed by atoms with Crippen LogP contribution in [0.2, 0.25) is 0 Å². The lowest BCUT2D eigenvalue weighted by Crippen LogP contribution is -2.32. The van der Waals surface area contributed by atoms with Crippen molar-refractivity contribution in [1.29, 1.82) is 0 Å². The van der Waals surface area contributed by atoms with E-state index in [0.717, 1.165) is 12.1 Å². The second-order valence-electron chi connectivity index (χ2n) is 3.98. The van der Waals surface area contributed by atoms with Crippen molar-refractivity contribution >= 4 is 12.6 Å². The quantitative estimate of drug-likeness (QED) is 0.578. The van der Waals surface area contributed by atoms with Crippen LogP contribution in [0.25, 0.3) is 0 Å². The van der Waals surface area contributed by atoms with Gasteiger partial charge in [-0.3, -0.25) is 0 Å². The molecule has 1 aromatic carbocycles. The third-order valence-electron chi connectivity index (χ3n) is 2.30. The van der Waals surface area contributed by atoms with Gasteiger partial charge in [-0.2, -0.15) is 12.6 Å². The average molecular weight is 213 g/mol. The third-order valence-corrected chi connectivity index (χ3v) is 2.53. The predicted octanol–water partition coefficient (Wildman–Crippen LogP) is 2.58. The van der Waals surface area contributed by atoms with Gasteiger partial charge in [-0.05, 0) is 17.7 Å². The highest BCUT2D eigenvalue weighted by Gasteiger charge is 2.19. The Hall–Kier alpha value is -0.540. The van der Waals surface area contributed by atoms with Gasteiger partial charge in [-0.15, -0.1) is 0 Å². The van der Waals surface area contributed by atoms with E-state index in [4.69, 9.17) is 0 Å². The third kappa shape index (κ3) is 3.00. The summed E-state index contributed by atoms with van der Waals surface area (Å²) in [6.07, 6.45) is 0. The SMILES string of the molecule is CC(C)(CNCS)c1ccc(F)cc1. The van der Waals surface area contributed by atoms with Crippen molar-refractivity contribution in [2.75, 3.05) is 12.4 Å². The lowest BCUT2D eigenvalue weighted by atomic mass is 9.85. The molecule has 0 unspecified atom stereocenters. The molecule has 1 nitrogen and oxygen atoms in total. The molecule has 3 heteroatoms. The molecule has 0 aliphatic rings. The lowest BCUT2D eigenvalue weighted by Gasteiger charge is -2.25. The Morgan fingerprint density at radius 1 is 1.29 bits per heavy atom. The molecule has 1 N–H and O–H groups in total. The minimum atomic E-state index is -0.188. The average Bonchev–Trinajstić information content (AvgIpc) is 2.16. The van der Waals surface area contributed by atoms with Crippen molar-refractivity contribution in [2.45, 2.75) is 19.3 Å². The van der Waals surface area contributed by atoms with Crippen molar-refractivity contribution < 1.29 is 4.39 Å². The first-order valence-corrected chi connectivity index (χ1v) is 5.27. The summed E-state index contributed by atoms with van der Waals surface area (Å²) in [5.74, 6) is 0.469. The molecule has 0 spiro atoms. The van der Waals surface area contributed by atoms with Gasteiger partial charge in [-0.1, -0.05) is 26.0 Å². The summed E-state index contributed by atoms with van der Waals surface area (Å²) < 4.78 is 12.7. The summed E-state index contributed by atoms with van der Waals surface area (Å²) in [5, 5.41) is 3.17. The zero-order valence-electron chi connectivity index (χ0n) is 8.55. The highest BCUT2D eigenvalue weighted by atomic mass is 32.1. The van der Waals surface area contributed by atoms with Crippen molar-refractivity contribution in [3.63, 3.8) is 0 Å². The molecular formula is C11H16FNS. The van der Waals surface area contributed by atoms with E-state index in [9.17, 15) is 4.39 Å². The van der Waals surface area contributed by atoms with E-state index in [1.54, 1.807) is 0 Å². The van der Waals surface area contributed by atoms with Gasteiger partial charge in [0.1, 0.15) is 5.82 Å². The second kappa shape index (κ2) is 4.80. The number of benzene rings is 1. The normalized spacial score (nSPS) is 11.7. The molecule has 0 amide bonds. The van der Waals surface area contributed by atoms with Gasteiger partial charge in [0.05, 0.1) is 0 Å². The first kappa shape index (κ1) is 11.5. The predicted molar refractivity (Wildman–Crippen MR) is 61.3 cm³/mol. The van der Waals surface area contributed by atoms with Gasteiger partial charge in [-0.25, -0.2) is 4.39 Å². The summed E-state index contributed by atoms with van der Waals surface area (Å²) in [7, 11) is 0. The summed E-state index contributed by atoms with van der Waals surface area (Å²) >= 11 is 4.09. The zero-order chi connectivity index (χ0) is 10.6. The van der Waals surface area contributed by atoms with Crippen molar-refractivity contribution in [3.8, 4) is 0 Å². The summed E-state index contributed by atoms with van der Waals surface area (Å²) in [4.78, 5) is 0. The van der Waals surface area contributed by atoms with Crippen LogP contribution in [0.1, 0.15) is 19.4 Å². The Bertz CT molecular complexity index is 282. The molecule has 0 radical (unpaired) electrons. The molecule has 0 bridgehead atoms. The van der Waals surface area contributed by atoms with Crippen LogP contribution in [-0.2, 0) is 5.41 Å².